The first-order chi connectivity index (χ1) is 23.0. The first-order valence-corrected chi connectivity index (χ1v) is 16.8. The van der Waals surface area contributed by atoms with E-state index in [0.717, 1.165) is 74.0 Å². The predicted molar refractivity (Wildman–Crippen MR) is 182 cm³/mol. The number of hydrogen-bond donors (Lipinski definition) is 0. The predicted octanol–water partition coefficient (Wildman–Crippen LogP) is 6.51. The van der Waals surface area contributed by atoms with Crippen LogP contribution < -0.4 is 37.9 Å². The Morgan fingerprint density at radius 2 is 0.787 bits per heavy atom. The zero-order valence-corrected chi connectivity index (χ0v) is 30.2. The van der Waals surface area contributed by atoms with Crippen LogP contribution in [-0.2, 0) is 31.8 Å². The van der Waals surface area contributed by atoms with Crippen LogP contribution in [0, 0.1) is 0 Å². The average Bonchev–Trinajstić information content (AvgIpc) is 3.09. The molecule has 0 aliphatic rings. The van der Waals surface area contributed by atoms with Gasteiger partial charge in [-0.1, -0.05) is 12.8 Å². The third-order valence-electron chi connectivity index (χ3n) is 7.10. The second-order valence-electron chi connectivity index (χ2n) is 10.3. The minimum atomic E-state index is 0.0955. The maximum Gasteiger partial charge on any atom is 0.188 e. The lowest BCUT2D eigenvalue weighted by molar-refractivity contribution is 0.0444. The second kappa shape index (κ2) is 24.2. The molecule has 0 radical (unpaired) electrons. The molecule has 0 N–H and O–H groups in total. The van der Waals surface area contributed by atoms with Crippen molar-refractivity contribution in [2.24, 2.45) is 0 Å². The van der Waals surface area contributed by atoms with Gasteiger partial charge in [-0.05, 0) is 50.0 Å². The van der Waals surface area contributed by atoms with Gasteiger partial charge in [-0.15, -0.1) is 0 Å². The van der Waals surface area contributed by atoms with Gasteiger partial charge in [-0.25, -0.2) is 0 Å². The number of methoxy groups -OCH3 is 8. The molecule has 0 saturated heterocycles. The molecule has 0 aliphatic heterocycles. The van der Waals surface area contributed by atoms with Gasteiger partial charge in [0, 0.05) is 51.7 Å². The average molecular weight is 687 g/mol. The van der Waals surface area contributed by atoms with Crippen LogP contribution in [0.3, 0.4) is 0 Å². The normalized spacial score (nSPS) is 10.9. The Morgan fingerprint density at radius 1 is 0.404 bits per heavy atom. The Kier molecular flexibility index (Phi) is 20.7. The molecule has 0 amide bonds. The Bertz CT molecular complexity index is 1060. The molecule has 0 atom stereocenters. The van der Waals surface area contributed by atoms with E-state index in [0.29, 0.717) is 46.0 Å². The summed E-state index contributed by atoms with van der Waals surface area (Å²) in [5, 5.41) is 0. The Balaban J connectivity index is 1.87. The summed E-state index contributed by atoms with van der Waals surface area (Å²) < 4.78 is 66.5. The van der Waals surface area contributed by atoms with Gasteiger partial charge in [0.2, 0.25) is 0 Å². The van der Waals surface area contributed by atoms with E-state index in [4.69, 9.17) is 56.8 Å². The molecule has 47 heavy (non-hydrogen) atoms. The monoisotopic (exact) mass is 686 g/mol. The number of benzene rings is 2. The standard InChI is InChI=1S/C34H54O12S/c1-35-21-43-29-19-27(39-5)33(45-23-37-3)25(31(29)41-7)15-11-9-13-17-47-18-14-10-12-16-26-32(42-8)30(44-22-36-2)20-28(40-6)34(26)46-24-38-4/h19-20H,9-18,21-24H2,1-8H3. The summed E-state index contributed by atoms with van der Waals surface area (Å²) in [7, 11) is 12.8. The SMILES string of the molecule is COCOc1cc(OC)c(OCOC)c(CCCCCSCCCCCc2c(OC)c(OCOC)cc(OC)c2OCOC)c1OC. The lowest BCUT2D eigenvalue weighted by Gasteiger charge is -2.20. The molecular weight excluding hydrogens is 632 g/mol. The lowest BCUT2D eigenvalue weighted by Crippen LogP contribution is -2.08. The van der Waals surface area contributed by atoms with E-state index < -0.39 is 0 Å². The van der Waals surface area contributed by atoms with Crippen molar-refractivity contribution in [3.8, 4) is 46.0 Å². The van der Waals surface area contributed by atoms with Crippen LogP contribution in [0.4, 0.5) is 0 Å². The number of rotatable bonds is 28. The number of thioether (sulfide) groups is 1. The Morgan fingerprint density at radius 3 is 1.13 bits per heavy atom. The van der Waals surface area contributed by atoms with Gasteiger partial charge in [-0.2, -0.15) is 11.8 Å². The molecule has 0 fully saturated rings. The summed E-state index contributed by atoms with van der Waals surface area (Å²) >= 11 is 1.99. The van der Waals surface area contributed by atoms with Crippen molar-refractivity contribution >= 4 is 11.8 Å². The summed E-state index contributed by atoms with van der Waals surface area (Å²) in [6, 6.07) is 3.50. The highest BCUT2D eigenvalue weighted by Crippen LogP contribution is 2.46. The van der Waals surface area contributed by atoms with Crippen LogP contribution >= 0.6 is 11.8 Å². The Labute approximate surface area is 284 Å². The smallest absolute Gasteiger partial charge is 0.188 e. The molecule has 2 aromatic carbocycles. The van der Waals surface area contributed by atoms with Gasteiger partial charge in [0.25, 0.3) is 0 Å². The summed E-state index contributed by atoms with van der Waals surface area (Å²) in [6.07, 6.45) is 7.78. The molecule has 0 spiro atoms. The summed E-state index contributed by atoms with van der Waals surface area (Å²) in [4.78, 5) is 0. The van der Waals surface area contributed by atoms with Crippen LogP contribution in [0.15, 0.2) is 12.1 Å². The van der Waals surface area contributed by atoms with E-state index in [-0.39, 0.29) is 27.2 Å². The quantitative estimate of drug-likeness (QED) is 0.0717. The zero-order valence-electron chi connectivity index (χ0n) is 29.4. The highest BCUT2D eigenvalue weighted by Gasteiger charge is 2.23. The number of hydrogen-bond acceptors (Lipinski definition) is 13. The van der Waals surface area contributed by atoms with Crippen molar-refractivity contribution in [1.29, 1.82) is 0 Å². The van der Waals surface area contributed by atoms with Crippen molar-refractivity contribution in [3.63, 3.8) is 0 Å². The second-order valence-corrected chi connectivity index (χ2v) is 11.5. The van der Waals surface area contributed by atoms with E-state index in [9.17, 15) is 0 Å². The molecule has 2 aromatic rings. The summed E-state index contributed by atoms with van der Waals surface area (Å²) in [5.41, 5.74) is 1.78. The van der Waals surface area contributed by atoms with Crippen molar-refractivity contribution in [1.82, 2.24) is 0 Å². The summed E-state index contributed by atoms with van der Waals surface area (Å²) in [5.74, 6) is 6.85. The molecule has 0 aromatic heterocycles. The zero-order chi connectivity index (χ0) is 34.3. The highest BCUT2D eigenvalue weighted by molar-refractivity contribution is 7.99. The largest absolute Gasteiger partial charge is 0.493 e. The fourth-order valence-electron chi connectivity index (χ4n) is 4.99. The van der Waals surface area contributed by atoms with Crippen molar-refractivity contribution in [2.75, 3.05) is 95.6 Å². The minimum Gasteiger partial charge on any atom is -0.493 e. The van der Waals surface area contributed by atoms with E-state index >= 15 is 0 Å². The maximum absolute atomic E-state index is 5.90. The molecule has 0 bridgehead atoms. The third-order valence-corrected chi connectivity index (χ3v) is 8.26. The van der Waals surface area contributed by atoms with Gasteiger partial charge in [0.05, 0.1) is 28.4 Å². The molecule has 268 valence electrons. The number of ether oxygens (including phenoxy) is 12. The fraction of sp³-hybridized carbons (Fsp3) is 0.647. The van der Waals surface area contributed by atoms with Gasteiger partial charge in [-0.3, -0.25) is 0 Å². The molecule has 12 nitrogen and oxygen atoms in total. The van der Waals surface area contributed by atoms with Gasteiger partial charge in [0.1, 0.15) is 0 Å². The molecule has 0 saturated carbocycles. The fourth-order valence-corrected chi connectivity index (χ4v) is 6.01. The molecule has 2 rings (SSSR count). The lowest BCUT2D eigenvalue weighted by atomic mass is 10.0. The molecule has 0 heterocycles. The van der Waals surface area contributed by atoms with E-state index in [2.05, 4.69) is 0 Å². The molecule has 13 heteroatoms. The first kappa shape index (κ1) is 40.2. The minimum absolute atomic E-state index is 0.0955. The van der Waals surface area contributed by atoms with E-state index in [1.807, 2.05) is 11.8 Å². The molecule has 0 aliphatic carbocycles. The molecular formula is C34H54O12S. The topological polar surface area (TPSA) is 111 Å². The van der Waals surface area contributed by atoms with Crippen LogP contribution in [-0.4, -0.2) is 95.6 Å². The van der Waals surface area contributed by atoms with Gasteiger partial charge >= 0.3 is 0 Å². The van der Waals surface area contributed by atoms with E-state index in [1.165, 1.54) is 0 Å². The van der Waals surface area contributed by atoms with Crippen LogP contribution in [0.1, 0.15) is 49.7 Å². The van der Waals surface area contributed by atoms with E-state index in [1.54, 1.807) is 69.0 Å². The van der Waals surface area contributed by atoms with Crippen molar-refractivity contribution in [2.45, 2.75) is 51.4 Å². The maximum atomic E-state index is 5.90. The van der Waals surface area contributed by atoms with Gasteiger partial charge in [0.15, 0.2) is 73.2 Å². The van der Waals surface area contributed by atoms with Crippen LogP contribution in [0.2, 0.25) is 0 Å². The van der Waals surface area contributed by atoms with Gasteiger partial charge < -0.3 is 56.8 Å². The highest BCUT2D eigenvalue weighted by atomic mass is 32.2. The van der Waals surface area contributed by atoms with Crippen molar-refractivity contribution in [3.05, 3.63) is 23.3 Å². The number of unbranched alkanes of at least 4 members (excludes halogenated alkanes) is 4. The molecule has 0 unspecified atom stereocenters. The summed E-state index contributed by atoms with van der Waals surface area (Å²) in [6.45, 7) is 0.388. The van der Waals surface area contributed by atoms with Crippen LogP contribution in [0.25, 0.3) is 0 Å². The third kappa shape index (κ3) is 12.9. The van der Waals surface area contributed by atoms with Crippen molar-refractivity contribution < 1.29 is 56.8 Å². The Hall–Kier alpha value is -2.97. The first-order valence-electron chi connectivity index (χ1n) is 15.6. The van der Waals surface area contributed by atoms with Crippen LogP contribution in [0.5, 0.6) is 46.0 Å².